The summed E-state index contributed by atoms with van der Waals surface area (Å²) in [5, 5.41) is 2.55. The average molecular weight is 421 g/mol. The molecule has 160 valence electrons. The van der Waals surface area contributed by atoms with Crippen LogP contribution in [0.25, 0.3) is 11.0 Å². The van der Waals surface area contributed by atoms with Crippen molar-refractivity contribution in [1.29, 1.82) is 0 Å². The summed E-state index contributed by atoms with van der Waals surface area (Å²) in [6, 6.07) is 7.10. The fourth-order valence-corrected chi connectivity index (χ4v) is 3.95. The van der Waals surface area contributed by atoms with Crippen LogP contribution in [-0.4, -0.2) is 59.0 Å². The summed E-state index contributed by atoms with van der Waals surface area (Å²) < 4.78 is 17.5. The lowest BCUT2D eigenvalue weighted by Crippen LogP contribution is -2.46. The summed E-state index contributed by atoms with van der Waals surface area (Å²) in [5.74, 6) is 0.103. The van der Waals surface area contributed by atoms with Crippen molar-refractivity contribution in [2.24, 2.45) is 0 Å². The smallest absolute Gasteiger partial charge is 0.269 e. The number of aromatic nitrogens is 3. The van der Waals surface area contributed by atoms with Crippen LogP contribution >= 0.6 is 0 Å². The largest absolute Gasteiger partial charge is 0.368 e. The van der Waals surface area contributed by atoms with Crippen LogP contribution in [0.3, 0.4) is 0 Å². The van der Waals surface area contributed by atoms with Crippen LogP contribution < -0.4 is 15.8 Å². The van der Waals surface area contributed by atoms with Gasteiger partial charge in [0, 0.05) is 54.2 Å². The summed E-state index contributed by atoms with van der Waals surface area (Å²) >= 11 is 0. The van der Waals surface area contributed by atoms with Gasteiger partial charge in [-0.25, -0.2) is 4.98 Å². The molecule has 4 heterocycles. The Bertz CT molecular complexity index is 1250. The minimum absolute atomic E-state index is 0.103. The van der Waals surface area contributed by atoms with E-state index in [9.17, 15) is 9.59 Å². The van der Waals surface area contributed by atoms with E-state index in [-0.39, 0.29) is 11.5 Å². The van der Waals surface area contributed by atoms with Crippen molar-refractivity contribution in [3.8, 4) is 0 Å². The molecule has 3 aromatic rings. The van der Waals surface area contributed by atoms with E-state index in [0.29, 0.717) is 54.4 Å². The molecule has 1 amide bonds. The standard InChI is InChI=1S/C23H26N6O2/c1-24-23(31)19-5-4-17(13-26-19)29-8-6-28(7-9-29)14-15-10-21-20(25-12-15)11-18(16-2-3-16)22(30)27-21/h4-5,10-13,16H,2-3,6-9,14H2,1H3,(H,24,31)(H,27,30)/i14D2. The van der Waals surface area contributed by atoms with Gasteiger partial charge in [-0.15, -0.1) is 0 Å². The molecule has 0 atom stereocenters. The number of rotatable bonds is 5. The van der Waals surface area contributed by atoms with Gasteiger partial charge in [0.25, 0.3) is 11.5 Å². The molecular formula is C23H26N6O2. The number of anilines is 1. The van der Waals surface area contributed by atoms with E-state index in [1.165, 1.54) is 0 Å². The number of H-pyrrole nitrogens is 1. The number of amides is 1. The monoisotopic (exact) mass is 420 g/mol. The Morgan fingerprint density at radius 3 is 2.68 bits per heavy atom. The maximum absolute atomic E-state index is 12.4. The minimum atomic E-state index is -1.72. The van der Waals surface area contributed by atoms with Crippen molar-refractivity contribution < 1.29 is 7.54 Å². The molecule has 2 N–H and O–H groups in total. The van der Waals surface area contributed by atoms with Gasteiger partial charge < -0.3 is 15.2 Å². The first-order valence-corrected chi connectivity index (χ1v) is 10.6. The third-order valence-electron chi connectivity index (χ3n) is 5.88. The number of pyridine rings is 3. The van der Waals surface area contributed by atoms with Gasteiger partial charge in [-0.3, -0.25) is 19.5 Å². The topological polar surface area (TPSA) is 94.2 Å². The molecule has 2 fully saturated rings. The van der Waals surface area contributed by atoms with Gasteiger partial charge in [0.2, 0.25) is 0 Å². The predicted molar refractivity (Wildman–Crippen MR) is 119 cm³/mol. The molecule has 1 saturated carbocycles. The van der Waals surface area contributed by atoms with Gasteiger partial charge in [-0.1, -0.05) is 0 Å². The van der Waals surface area contributed by atoms with Gasteiger partial charge in [0.15, 0.2) is 0 Å². The third-order valence-corrected chi connectivity index (χ3v) is 5.88. The maximum atomic E-state index is 12.4. The highest BCUT2D eigenvalue weighted by Gasteiger charge is 2.26. The fraction of sp³-hybridized carbons (Fsp3) is 0.391. The molecule has 0 radical (unpaired) electrons. The number of hydrogen-bond acceptors (Lipinski definition) is 6. The quantitative estimate of drug-likeness (QED) is 0.655. The Kier molecular flexibility index (Phi) is 4.56. The van der Waals surface area contributed by atoms with Gasteiger partial charge in [0.1, 0.15) is 5.69 Å². The second-order valence-electron chi connectivity index (χ2n) is 8.05. The number of nitrogens with one attached hydrogen (secondary N) is 2. The number of fused-ring (bicyclic) bond motifs is 1. The molecule has 0 unspecified atom stereocenters. The van der Waals surface area contributed by atoms with Crippen LogP contribution in [0.1, 0.15) is 43.1 Å². The number of piperazine rings is 1. The predicted octanol–water partition coefficient (Wildman–Crippen LogP) is 1.88. The van der Waals surface area contributed by atoms with Crippen LogP contribution in [0.4, 0.5) is 5.69 Å². The van der Waals surface area contributed by atoms with Gasteiger partial charge >= 0.3 is 0 Å². The summed E-state index contributed by atoms with van der Waals surface area (Å²) in [4.78, 5) is 39.6. The first-order chi connectivity index (χ1) is 15.9. The van der Waals surface area contributed by atoms with Gasteiger partial charge in [-0.2, -0.15) is 0 Å². The van der Waals surface area contributed by atoms with Crippen molar-refractivity contribution in [1.82, 2.24) is 25.2 Å². The molecule has 0 bridgehead atoms. The van der Waals surface area contributed by atoms with Crippen molar-refractivity contribution >= 4 is 22.6 Å². The second kappa shape index (κ2) is 8.11. The fourth-order valence-electron chi connectivity index (χ4n) is 3.95. The lowest BCUT2D eigenvalue weighted by Gasteiger charge is -2.36. The zero-order chi connectivity index (χ0) is 23.2. The maximum Gasteiger partial charge on any atom is 0.269 e. The van der Waals surface area contributed by atoms with E-state index >= 15 is 0 Å². The Morgan fingerprint density at radius 1 is 1.19 bits per heavy atom. The van der Waals surface area contributed by atoms with Crippen molar-refractivity contribution in [3.05, 3.63) is 63.8 Å². The molecule has 1 aliphatic heterocycles. The first kappa shape index (κ1) is 17.4. The van der Waals surface area contributed by atoms with Crippen LogP contribution in [0.2, 0.25) is 0 Å². The normalized spacial score (nSPS) is 18.5. The van der Waals surface area contributed by atoms with Crippen LogP contribution in [0, 0.1) is 0 Å². The molecule has 1 aliphatic carbocycles. The van der Waals surface area contributed by atoms with E-state index in [1.807, 2.05) is 12.1 Å². The molecule has 3 aromatic heterocycles. The zero-order valence-electron chi connectivity index (χ0n) is 19.4. The summed E-state index contributed by atoms with van der Waals surface area (Å²) in [5.41, 5.74) is 3.62. The molecule has 0 spiro atoms. The van der Waals surface area contributed by atoms with Crippen molar-refractivity contribution in [2.75, 3.05) is 38.1 Å². The first-order valence-electron chi connectivity index (χ1n) is 11.6. The molecule has 2 aliphatic rings. The van der Waals surface area contributed by atoms with E-state index < -0.39 is 6.50 Å². The summed E-state index contributed by atoms with van der Waals surface area (Å²) in [6.07, 6.45) is 5.32. The van der Waals surface area contributed by atoms with E-state index in [0.717, 1.165) is 24.1 Å². The number of nitrogens with zero attached hydrogens (tertiary/aromatic N) is 4. The second-order valence-corrected chi connectivity index (χ2v) is 8.05. The highest BCUT2D eigenvalue weighted by molar-refractivity contribution is 5.92. The number of carbonyl (C=O) groups excluding carboxylic acids is 1. The van der Waals surface area contributed by atoms with Crippen LogP contribution in [0.5, 0.6) is 0 Å². The molecule has 8 heteroatoms. The van der Waals surface area contributed by atoms with Gasteiger partial charge in [-0.05, 0) is 48.6 Å². The Balaban J connectivity index is 1.30. The number of hydrogen-bond donors (Lipinski definition) is 2. The Hall–Kier alpha value is -3.26. The zero-order valence-corrected chi connectivity index (χ0v) is 17.4. The molecule has 8 nitrogen and oxygen atoms in total. The highest BCUT2D eigenvalue weighted by Crippen LogP contribution is 2.38. The molecule has 5 rings (SSSR count). The molecule has 31 heavy (non-hydrogen) atoms. The Morgan fingerprint density at radius 2 is 2.00 bits per heavy atom. The van der Waals surface area contributed by atoms with Crippen molar-refractivity contribution in [3.63, 3.8) is 0 Å². The lowest BCUT2D eigenvalue weighted by atomic mass is 10.1. The number of aromatic amines is 1. The molecular weight excluding hydrogens is 392 g/mol. The van der Waals surface area contributed by atoms with Crippen LogP contribution in [0.15, 0.2) is 41.5 Å². The van der Waals surface area contributed by atoms with E-state index in [2.05, 4.69) is 25.2 Å². The van der Waals surface area contributed by atoms with Crippen LogP contribution in [-0.2, 0) is 6.50 Å². The van der Waals surface area contributed by atoms with Gasteiger partial charge in [0.05, 0.1) is 22.9 Å². The summed E-state index contributed by atoms with van der Waals surface area (Å²) in [6.45, 7) is 0.561. The third kappa shape index (κ3) is 4.16. The molecule has 1 saturated heterocycles. The lowest BCUT2D eigenvalue weighted by molar-refractivity contribution is 0.0958. The highest BCUT2D eigenvalue weighted by atomic mass is 16.1. The summed E-state index contributed by atoms with van der Waals surface area (Å²) in [7, 11) is 1.57. The Labute approximate surface area is 183 Å². The van der Waals surface area contributed by atoms with Crippen molar-refractivity contribution in [2.45, 2.75) is 25.3 Å². The average Bonchev–Trinajstić information content (AvgIpc) is 3.68. The SMILES string of the molecule is [2H]C([2H])(c1cnc2cc(C3CC3)c(=O)[nH]c2c1)N1CCN(c2ccc(C(=O)NC)nc2)CC1. The van der Waals surface area contributed by atoms with E-state index in [1.54, 1.807) is 36.5 Å². The van der Waals surface area contributed by atoms with E-state index in [4.69, 9.17) is 2.74 Å². The minimum Gasteiger partial charge on any atom is -0.368 e. The number of carbonyl (C=O) groups is 1. The molecule has 0 aromatic carbocycles.